The largest absolute Gasteiger partial charge is 0.357 e. The molecule has 0 aromatic carbocycles. The molecule has 2 aromatic heterocycles. The second-order valence-corrected chi connectivity index (χ2v) is 3.89. The van der Waals surface area contributed by atoms with Gasteiger partial charge in [-0.25, -0.2) is 9.50 Å². The Morgan fingerprint density at radius 3 is 3.06 bits per heavy atom. The molecule has 0 aliphatic heterocycles. The van der Waals surface area contributed by atoms with E-state index in [1.807, 2.05) is 16.8 Å². The van der Waals surface area contributed by atoms with Gasteiger partial charge in [-0.1, -0.05) is 19.8 Å². The zero-order valence-corrected chi connectivity index (χ0v) is 9.44. The summed E-state index contributed by atoms with van der Waals surface area (Å²) >= 11 is 0. The van der Waals surface area contributed by atoms with Gasteiger partial charge in [0.05, 0.1) is 12.2 Å². The number of hydrogen-bond donors (Lipinski definition) is 1. The normalized spacial score (nSPS) is 10.6. The molecule has 2 heterocycles. The highest BCUT2D eigenvalue weighted by molar-refractivity contribution is 5.68. The molecule has 0 fully saturated rings. The van der Waals surface area contributed by atoms with Gasteiger partial charge < -0.3 is 5.32 Å². The molecule has 0 bridgehead atoms. The van der Waals surface area contributed by atoms with Gasteiger partial charge in [0.1, 0.15) is 5.52 Å². The van der Waals surface area contributed by atoms with Crippen LogP contribution in [0.25, 0.3) is 5.52 Å². The average Bonchev–Trinajstić information content (AvgIpc) is 2.70. The lowest BCUT2D eigenvalue weighted by atomic mass is 10.1. The highest BCUT2D eigenvalue weighted by atomic mass is 15.2. The van der Waals surface area contributed by atoms with E-state index in [9.17, 15) is 0 Å². The van der Waals surface area contributed by atoms with Crippen LogP contribution < -0.4 is 5.32 Å². The highest BCUT2D eigenvalue weighted by Gasteiger charge is 2.08. The van der Waals surface area contributed by atoms with Gasteiger partial charge in [0, 0.05) is 12.4 Å². The summed E-state index contributed by atoms with van der Waals surface area (Å²) in [5.74, 6) is 3.71. The van der Waals surface area contributed by atoms with Crippen molar-refractivity contribution in [3.05, 3.63) is 24.2 Å². The van der Waals surface area contributed by atoms with E-state index in [0.29, 0.717) is 12.5 Å². The van der Waals surface area contributed by atoms with Crippen LogP contribution in [-0.2, 0) is 0 Å². The molecule has 16 heavy (non-hydrogen) atoms. The quantitative estimate of drug-likeness (QED) is 0.793. The first-order valence-corrected chi connectivity index (χ1v) is 5.24. The predicted molar refractivity (Wildman–Crippen MR) is 64.4 cm³/mol. The molecule has 2 aromatic rings. The fraction of sp³-hybridized carbons (Fsp3) is 0.333. The summed E-state index contributed by atoms with van der Waals surface area (Å²) in [6.45, 7) is 4.70. The number of fused-ring (bicyclic) bond motifs is 1. The molecule has 82 valence electrons. The molecule has 0 aliphatic rings. The zero-order chi connectivity index (χ0) is 11.5. The van der Waals surface area contributed by atoms with E-state index in [-0.39, 0.29) is 0 Å². The summed E-state index contributed by atoms with van der Waals surface area (Å²) in [7, 11) is 0. The molecular weight excluding hydrogens is 200 g/mol. The molecule has 0 spiro atoms. The van der Waals surface area contributed by atoms with Gasteiger partial charge in [0.2, 0.25) is 0 Å². The van der Waals surface area contributed by atoms with Gasteiger partial charge in [-0.2, -0.15) is 5.10 Å². The van der Waals surface area contributed by atoms with Crippen molar-refractivity contribution in [2.45, 2.75) is 19.8 Å². The number of hydrogen-bond acceptors (Lipinski definition) is 3. The molecule has 0 atom stereocenters. The van der Waals surface area contributed by atoms with Crippen molar-refractivity contribution >= 4 is 11.3 Å². The Balaban J connectivity index is 2.46. The second-order valence-electron chi connectivity index (χ2n) is 3.89. The molecule has 0 amide bonds. The first kappa shape index (κ1) is 10.5. The number of terminal acetylenes is 1. The SMILES string of the molecule is C#CCNc1nccn2nc(C(C)C)cc12. The Bertz CT molecular complexity index is 533. The van der Waals surface area contributed by atoms with Gasteiger partial charge >= 0.3 is 0 Å². The van der Waals surface area contributed by atoms with Crippen molar-refractivity contribution in [1.82, 2.24) is 14.6 Å². The standard InChI is InChI=1S/C12H14N4/c1-4-5-13-12-11-8-10(9(2)3)15-16(11)7-6-14-12/h1,6-9H,5H2,2-3H3,(H,13,14). The van der Waals surface area contributed by atoms with E-state index in [4.69, 9.17) is 6.42 Å². The first-order chi connectivity index (χ1) is 7.72. The predicted octanol–water partition coefficient (Wildman–Crippen LogP) is 1.90. The van der Waals surface area contributed by atoms with E-state index in [1.165, 1.54) is 0 Å². The minimum atomic E-state index is 0.403. The lowest BCUT2D eigenvalue weighted by Crippen LogP contribution is -2.02. The van der Waals surface area contributed by atoms with Crippen LogP contribution >= 0.6 is 0 Å². The Kier molecular flexibility index (Phi) is 2.78. The highest BCUT2D eigenvalue weighted by Crippen LogP contribution is 2.19. The average molecular weight is 214 g/mol. The molecule has 0 saturated carbocycles. The molecular formula is C12H14N4. The Morgan fingerprint density at radius 1 is 1.56 bits per heavy atom. The molecule has 0 saturated heterocycles. The Labute approximate surface area is 94.7 Å². The van der Waals surface area contributed by atoms with Crippen molar-refractivity contribution in [1.29, 1.82) is 0 Å². The van der Waals surface area contributed by atoms with Crippen LogP contribution in [0.1, 0.15) is 25.5 Å². The maximum atomic E-state index is 5.21. The maximum absolute atomic E-state index is 5.21. The van der Waals surface area contributed by atoms with E-state index in [2.05, 4.69) is 35.2 Å². The van der Waals surface area contributed by atoms with Crippen LogP contribution in [0.2, 0.25) is 0 Å². The van der Waals surface area contributed by atoms with Crippen LogP contribution in [0.5, 0.6) is 0 Å². The first-order valence-electron chi connectivity index (χ1n) is 5.24. The van der Waals surface area contributed by atoms with Crippen LogP contribution in [-0.4, -0.2) is 21.1 Å². The smallest absolute Gasteiger partial charge is 0.152 e. The maximum Gasteiger partial charge on any atom is 0.152 e. The van der Waals surface area contributed by atoms with E-state index in [1.54, 1.807) is 6.20 Å². The fourth-order valence-electron chi connectivity index (χ4n) is 1.49. The Hall–Kier alpha value is -2.02. The molecule has 4 nitrogen and oxygen atoms in total. The summed E-state index contributed by atoms with van der Waals surface area (Å²) < 4.78 is 1.82. The molecule has 0 radical (unpaired) electrons. The second kappa shape index (κ2) is 4.23. The van der Waals surface area contributed by atoms with Crippen LogP contribution in [0, 0.1) is 12.3 Å². The minimum absolute atomic E-state index is 0.403. The third-order valence-electron chi connectivity index (χ3n) is 2.36. The number of nitrogens with one attached hydrogen (secondary N) is 1. The Morgan fingerprint density at radius 2 is 2.38 bits per heavy atom. The molecule has 1 N–H and O–H groups in total. The summed E-state index contributed by atoms with van der Waals surface area (Å²) in [4.78, 5) is 4.25. The third-order valence-corrected chi connectivity index (χ3v) is 2.36. The van der Waals surface area contributed by atoms with Gasteiger partial charge in [0.25, 0.3) is 0 Å². The van der Waals surface area contributed by atoms with Crippen molar-refractivity contribution in [3.63, 3.8) is 0 Å². The van der Waals surface area contributed by atoms with Gasteiger partial charge in [0.15, 0.2) is 5.82 Å². The summed E-state index contributed by atoms with van der Waals surface area (Å²) in [5, 5.41) is 7.55. The fourth-order valence-corrected chi connectivity index (χ4v) is 1.49. The lowest BCUT2D eigenvalue weighted by Gasteiger charge is -2.02. The zero-order valence-electron chi connectivity index (χ0n) is 9.44. The molecule has 0 aliphatic carbocycles. The summed E-state index contributed by atoms with van der Waals surface area (Å²) in [6, 6.07) is 2.04. The molecule has 0 unspecified atom stereocenters. The van der Waals surface area contributed by atoms with Crippen LogP contribution in [0.4, 0.5) is 5.82 Å². The van der Waals surface area contributed by atoms with Crippen LogP contribution in [0.15, 0.2) is 18.5 Å². The van der Waals surface area contributed by atoms with Crippen molar-refractivity contribution in [3.8, 4) is 12.3 Å². The number of nitrogens with zero attached hydrogens (tertiary/aromatic N) is 3. The van der Waals surface area contributed by atoms with Crippen LogP contribution in [0.3, 0.4) is 0 Å². The third kappa shape index (κ3) is 1.84. The summed E-state index contributed by atoms with van der Waals surface area (Å²) in [6.07, 6.45) is 8.76. The molecule has 2 rings (SSSR count). The monoisotopic (exact) mass is 214 g/mol. The van der Waals surface area contributed by atoms with E-state index >= 15 is 0 Å². The van der Waals surface area contributed by atoms with Gasteiger partial charge in [-0.15, -0.1) is 6.42 Å². The number of anilines is 1. The van der Waals surface area contributed by atoms with Gasteiger partial charge in [-0.05, 0) is 12.0 Å². The van der Waals surface area contributed by atoms with E-state index < -0.39 is 0 Å². The topological polar surface area (TPSA) is 42.2 Å². The summed E-state index contributed by atoms with van der Waals surface area (Å²) in [5.41, 5.74) is 2.01. The van der Waals surface area contributed by atoms with Crippen molar-refractivity contribution < 1.29 is 0 Å². The van der Waals surface area contributed by atoms with Crippen molar-refractivity contribution in [2.75, 3.05) is 11.9 Å². The number of rotatable bonds is 3. The van der Waals surface area contributed by atoms with Crippen molar-refractivity contribution in [2.24, 2.45) is 0 Å². The molecule has 4 heteroatoms. The minimum Gasteiger partial charge on any atom is -0.357 e. The van der Waals surface area contributed by atoms with Gasteiger partial charge in [-0.3, -0.25) is 0 Å². The van der Waals surface area contributed by atoms with E-state index in [0.717, 1.165) is 17.0 Å². The lowest BCUT2D eigenvalue weighted by molar-refractivity contribution is 0.787. The number of aromatic nitrogens is 3.